The topological polar surface area (TPSA) is 89.8 Å². The Kier molecular flexibility index (Phi) is 8.65. The fourth-order valence-electron chi connectivity index (χ4n) is 2.29. The molecule has 0 aliphatic heterocycles. The minimum atomic E-state index is -0.365. The SMILES string of the molecule is CCCCOc1ccc(C=CC(=O)NCC(=O)NCc2ccco2)cc1OC. The quantitative estimate of drug-likeness (QED) is 0.458. The number of amides is 2. The first-order chi connectivity index (χ1) is 13.6. The molecule has 0 aliphatic rings. The van der Waals surface area contributed by atoms with E-state index in [1.807, 2.05) is 12.1 Å². The van der Waals surface area contributed by atoms with Gasteiger partial charge >= 0.3 is 0 Å². The predicted molar refractivity (Wildman–Crippen MR) is 106 cm³/mol. The van der Waals surface area contributed by atoms with Gasteiger partial charge in [0.1, 0.15) is 5.76 Å². The van der Waals surface area contributed by atoms with Gasteiger partial charge in [0.2, 0.25) is 11.8 Å². The van der Waals surface area contributed by atoms with Gasteiger partial charge in [-0.1, -0.05) is 19.4 Å². The van der Waals surface area contributed by atoms with Crippen molar-refractivity contribution in [3.05, 3.63) is 54.0 Å². The predicted octanol–water partition coefficient (Wildman–Crippen LogP) is 2.91. The normalized spacial score (nSPS) is 10.6. The molecule has 7 heteroatoms. The molecule has 7 nitrogen and oxygen atoms in total. The Bertz CT molecular complexity index is 784. The molecule has 1 aromatic carbocycles. The molecule has 0 saturated heterocycles. The minimum Gasteiger partial charge on any atom is -0.493 e. The zero-order chi connectivity index (χ0) is 20.2. The fourth-order valence-corrected chi connectivity index (χ4v) is 2.29. The molecule has 0 saturated carbocycles. The second-order valence-electron chi connectivity index (χ2n) is 6.02. The minimum absolute atomic E-state index is 0.114. The van der Waals surface area contributed by atoms with E-state index in [0.717, 1.165) is 18.4 Å². The second-order valence-corrected chi connectivity index (χ2v) is 6.02. The van der Waals surface area contributed by atoms with Crippen molar-refractivity contribution in [1.82, 2.24) is 10.6 Å². The Hall–Kier alpha value is -3.22. The van der Waals surface area contributed by atoms with Crippen molar-refractivity contribution in [3.63, 3.8) is 0 Å². The van der Waals surface area contributed by atoms with E-state index >= 15 is 0 Å². The van der Waals surface area contributed by atoms with Crippen LogP contribution in [0.15, 0.2) is 47.1 Å². The van der Waals surface area contributed by atoms with Gasteiger partial charge in [-0.3, -0.25) is 9.59 Å². The molecular weight excluding hydrogens is 360 g/mol. The lowest BCUT2D eigenvalue weighted by molar-refractivity contribution is -0.124. The monoisotopic (exact) mass is 386 g/mol. The van der Waals surface area contributed by atoms with Crippen LogP contribution in [0.25, 0.3) is 6.08 Å². The van der Waals surface area contributed by atoms with Crippen LogP contribution in [0.1, 0.15) is 31.1 Å². The van der Waals surface area contributed by atoms with Gasteiger partial charge in [-0.15, -0.1) is 0 Å². The molecule has 0 unspecified atom stereocenters. The van der Waals surface area contributed by atoms with Crippen LogP contribution in [0, 0.1) is 0 Å². The maximum atomic E-state index is 11.9. The van der Waals surface area contributed by atoms with Crippen molar-refractivity contribution in [2.45, 2.75) is 26.3 Å². The Morgan fingerprint density at radius 2 is 2.04 bits per heavy atom. The van der Waals surface area contributed by atoms with Crippen molar-refractivity contribution in [3.8, 4) is 11.5 Å². The summed E-state index contributed by atoms with van der Waals surface area (Å²) in [6.45, 7) is 2.90. The summed E-state index contributed by atoms with van der Waals surface area (Å²) in [5.41, 5.74) is 0.789. The van der Waals surface area contributed by atoms with Crippen molar-refractivity contribution in [2.24, 2.45) is 0 Å². The molecule has 0 spiro atoms. The number of benzene rings is 1. The number of carbonyl (C=O) groups is 2. The molecule has 1 heterocycles. The van der Waals surface area contributed by atoms with Crippen LogP contribution in [0.3, 0.4) is 0 Å². The average molecular weight is 386 g/mol. The summed E-state index contributed by atoms with van der Waals surface area (Å²) in [5, 5.41) is 5.19. The molecule has 0 aliphatic carbocycles. The van der Waals surface area contributed by atoms with E-state index in [1.165, 1.54) is 12.3 Å². The van der Waals surface area contributed by atoms with E-state index in [0.29, 0.717) is 23.9 Å². The number of methoxy groups -OCH3 is 1. The number of hydrogen-bond donors (Lipinski definition) is 2. The number of hydrogen-bond acceptors (Lipinski definition) is 5. The first kappa shape index (κ1) is 21.1. The fraction of sp³-hybridized carbons (Fsp3) is 0.333. The van der Waals surface area contributed by atoms with E-state index in [4.69, 9.17) is 13.9 Å². The third kappa shape index (κ3) is 7.19. The number of unbranched alkanes of at least 4 members (excludes halogenated alkanes) is 1. The van der Waals surface area contributed by atoms with E-state index in [-0.39, 0.29) is 24.9 Å². The highest BCUT2D eigenvalue weighted by molar-refractivity contribution is 5.94. The van der Waals surface area contributed by atoms with Gasteiger partial charge in [0.15, 0.2) is 11.5 Å². The summed E-state index contributed by atoms with van der Waals surface area (Å²) < 4.78 is 16.1. The summed E-state index contributed by atoms with van der Waals surface area (Å²) in [6.07, 6.45) is 6.58. The van der Waals surface area contributed by atoms with Crippen LogP contribution < -0.4 is 20.1 Å². The molecule has 28 heavy (non-hydrogen) atoms. The lowest BCUT2D eigenvalue weighted by atomic mass is 10.2. The molecule has 1 aromatic heterocycles. The lowest BCUT2D eigenvalue weighted by Crippen LogP contribution is -2.35. The second kappa shape index (κ2) is 11.5. The molecule has 2 rings (SSSR count). The molecule has 2 aromatic rings. The van der Waals surface area contributed by atoms with Gasteiger partial charge in [-0.05, 0) is 42.3 Å². The zero-order valence-electron chi connectivity index (χ0n) is 16.2. The van der Waals surface area contributed by atoms with Gasteiger partial charge < -0.3 is 24.5 Å². The number of furan rings is 1. The van der Waals surface area contributed by atoms with Crippen molar-refractivity contribution in [2.75, 3.05) is 20.3 Å². The van der Waals surface area contributed by atoms with Crippen molar-refractivity contribution < 1.29 is 23.5 Å². The van der Waals surface area contributed by atoms with Crippen molar-refractivity contribution >= 4 is 17.9 Å². The summed E-state index contributed by atoms with van der Waals surface area (Å²) in [4.78, 5) is 23.6. The summed E-state index contributed by atoms with van der Waals surface area (Å²) >= 11 is 0. The zero-order valence-corrected chi connectivity index (χ0v) is 16.2. The first-order valence-corrected chi connectivity index (χ1v) is 9.18. The molecule has 2 amide bonds. The highest BCUT2D eigenvalue weighted by atomic mass is 16.5. The smallest absolute Gasteiger partial charge is 0.244 e. The first-order valence-electron chi connectivity index (χ1n) is 9.18. The Morgan fingerprint density at radius 1 is 1.18 bits per heavy atom. The Balaban J connectivity index is 1.79. The van der Waals surface area contributed by atoms with Gasteiger partial charge in [-0.25, -0.2) is 0 Å². The average Bonchev–Trinajstić information content (AvgIpc) is 3.23. The van der Waals surface area contributed by atoms with E-state index in [2.05, 4.69) is 17.6 Å². The van der Waals surface area contributed by atoms with Gasteiger partial charge in [0.05, 0.1) is 33.1 Å². The van der Waals surface area contributed by atoms with Gasteiger partial charge in [0.25, 0.3) is 0 Å². The largest absolute Gasteiger partial charge is 0.493 e. The molecule has 150 valence electrons. The van der Waals surface area contributed by atoms with Crippen molar-refractivity contribution in [1.29, 1.82) is 0 Å². The molecule has 0 fully saturated rings. The van der Waals surface area contributed by atoms with E-state index in [1.54, 1.807) is 31.4 Å². The highest BCUT2D eigenvalue weighted by Gasteiger charge is 2.06. The highest BCUT2D eigenvalue weighted by Crippen LogP contribution is 2.28. The maximum absolute atomic E-state index is 11.9. The Labute approximate surface area is 164 Å². The maximum Gasteiger partial charge on any atom is 0.244 e. The number of rotatable bonds is 11. The summed E-state index contributed by atoms with van der Waals surface area (Å²) in [7, 11) is 1.57. The van der Waals surface area contributed by atoms with Crippen LogP contribution in [-0.2, 0) is 16.1 Å². The van der Waals surface area contributed by atoms with Crippen LogP contribution in [-0.4, -0.2) is 32.1 Å². The summed E-state index contributed by atoms with van der Waals surface area (Å²) in [5.74, 6) is 1.26. The van der Waals surface area contributed by atoms with Crippen LogP contribution in [0.2, 0.25) is 0 Å². The van der Waals surface area contributed by atoms with Crippen LogP contribution in [0.4, 0.5) is 0 Å². The molecule has 2 N–H and O–H groups in total. The number of nitrogens with one attached hydrogen (secondary N) is 2. The molecule has 0 radical (unpaired) electrons. The van der Waals surface area contributed by atoms with E-state index in [9.17, 15) is 9.59 Å². The molecular formula is C21H26N2O5. The third-order valence-corrected chi connectivity index (χ3v) is 3.83. The number of carbonyl (C=O) groups excluding carboxylic acids is 2. The van der Waals surface area contributed by atoms with Gasteiger partial charge in [0, 0.05) is 6.08 Å². The van der Waals surface area contributed by atoms with Crippen LogP contribution >= 0.6 is 0 Å². The summed E-state index contributed by atoms with van der Waals surface area (Å²) in [6, 6.07) is 8.95. The molecule has 0 bridgehead atoms. The van der Waals surface area contributed by atoms with Crippen LogP contribution in [0.5, 0.6) is 11.5 Å². The standard InChI is InChI=1S/C21H26N2O5/c1-3-4-11-28-18-9-7-16(13-19(18)26-2)8-10-20(24)23-15-21(25)22-14-17-6-5-12-27-17/h5-10,12-13H,3-4,11,14-15H2,1-2H3,(H,22,25)(H,23,24). The van der Waals surface area contributed by atoms with Gasteiger partial charge in [-0.2, -0.15) is 0 Å². The Morgan fingerprint density at radius 3 is 2.75 bits per heavy atom. The van der Waals surface area contributed by atoms with E-state index < -0.39 is 0 Å². The molecule has 0 atom stereocenters. The third-order valence-electron chi connectivity index (χ3n) is 3.83. The number of ether oxygens (including phenoxy) is 2. The lowest BCUT2D eigenvalue weighted by Gasteiger charge is -2.11.